The first-order valence-electron chi connectivity index (χ1n) is 9.66. The molecule has 0 spiro atoms. The lowest BCUT2D eigenvalue weighted by molar-refractivity contribution is 0.000198. The number of aromatic amines is 1. The van der Waals surface area contributed by atoms with E-state index in [2.05, 4.69) is 15.3 Å². The highest BCUT2D eigenvalue weighted by Crippen LogP contribution is 2.26. The maximum atomic E-state index is 12.5. The Morgan fingerprint density at radius 1 is 1.21 bits per heavy atom. The van der Waals surface area contributed by atoms with Crippen LogP contribution in [0.2, 0.25) is 0 Å². The molecule has 5 rings (SSSR count). The van der Waals surface area contributed by atoms with Crippen molar-refractivity contribution in [3.05, 3.63) is 52.8 Å². The minimum absolute atomic E-state index is 0.0571. The molecule has 29 heavy (non-hydrogen) atoms. The highest BCUT2D eigenvalue weighted by molar-refractivity contribution is 6.33. The average molecular weight is 389 g/mol. The number of furan rings is 1. The number of nitrogens with zero attached hydrogens (tertiary/aromatic N) is 1. The molecule has 2 aromatic carbocycles. The summed E-state index contributed by atoms with van der Waals surface area (Å²) in [4.78, 5) is 20.0. The van der Waals surface area contributed by atoms with Crippen molar-refractivity contribution >= 4 is 35.4 Å². The van der Waals surface area contributed by atoms with Gasteiger partial charge in [-0.3, -0.25) is 4.79 Å². The zero-order valence-corrected chi connectivity index (χ0v) is 16.0. The van der Waals surface area contributed by atoms with Crippen LogP contribution < -0.4 is 21.1 Å². The SMILES string of the molecule is Bc1ccc2oc3c(=O)[nH]c(-c4ccc(OCC5CNCCO5)cc4)nc3c2c1. The number of rotatable bonds is 4. The Kier molecular flexibility index (Phi) is 4.57. The minimum Gasteiger partial charge on any atom is -0.491 e. The Balaban J connectivity index is 1.43. The highest BCUT2D eigenvalue weighted by atomic mass is 16.5. The van der Waals surface area contributed by atoms with E-state index in [1.165, 1.54) is 0 Å². The lowest BCUT2D eigenvalue weighted by Crippen LogP contribution is -2.41. The molecule has 146 valence electrons. The molecule has 1 saturated heterocycles. The maximum Gasteiger partial charge on any atom is 0.294 e. The number of ether oxygens (including phenoxy) is 2. The third-order valence-corrected chi connectivity index (χ3v) is 5.05. The molecule has 8 heteroatoms. The van der Waals surface area contributed by atoms with Crippen LogP contribution in [0.1, 0.15) is 0 Å². The van der Waals surface area contributed by atoms with Crippen molar-refractivity contribution in [3.63, 3.8) is 0 Å². The number of morpholine rings is 1. The Labute approximate surface area is 167 Å². The molecule has 0 aliphatic carbocycles. The highest BCUT2D eigenvalue weighted by Gasteiger charge is 2.15. The fraction of sp³-hybridized carbons (Fsp3) is 0.238. The number of fused-ring (bicyclic) bond motifs is 3. The molecule has 1 aliphatic rings. The van der Waals surface area contributed by atoms with Gasteiger partial charge in [0.15, 0.2) is 0 Å². The molecule has 1 fully saturated rings. The summed E-state index contributed by atoms with van der Waals surface area (Å²) in [6.07, 6.45) is 0.0571. The molecule has 1 aliphatic heterocycles. The molecule has 3 heterocycles. The predicted molar refractivity (Wildman–Crippen MR) is 114 cm³/mol. The normalized spacial score (nSPS) is 17.0. The van der Waals surface area contributed by atoms with Crippen LogP contribution in [0.25, 0.3) is 33.5 Å². The molecule has 0 bridgehead atoms. The fourth-order valence-electron chi connectivity index (χ4n) is 3.53. The Hall–Kier alpha value is -3.10. The third-order valence-electron chi connectivity index (χ3n) is 5.05. The van der Waals surface area contributed by atoms with Gasteiger partial charge in [0.2, 0.25) is 5.58 Å². The molecule has 2 aromatic heterocycles. The standard InChI is InChI=1S/C21H20BN3O4/c22-13-3-6-17-16(9-13)18-19(29-17)21(26)25-20(24-18)12-1-4-14(5-2-12)28-11-15-10-23-7-8-27-15/h1-6,9,15,23H,7-8,10-11,22H2,(H,24,25,26). The number of nitrogens with one attached hydrogen (secondary N) is 2. The van der Waals surface area contributed by atoms with Gasteiger partial charge >= 0.3 is 0 Å². The summed E-state index contributed by atoms with van der Waals surface area (Å²) in [5.41, 5.74) is 3.07. The van der Waals surface area contributed by atoms with Gasteiger partial charge in [0, 0.05) is 24.0 Å². The lowest BCUT2D eigenvalue weighted by atomic mass is 9.95. The van der Waals surface area contributed by atoms with Gasteiger partial charge < -0.3 is 24.2 Å². The summed E-state index contributed by atoms with van der Waals surface area (Å²) in [5.74, 6) is 1.24. The molecule has 1 atom stereocenters. The molecule has 0 amide bonds. The molecular weight excluding hydrogens is 369 g/mol. The summed E-state index contributed by atoms with van der Waals surface area (Å²) in [6, 6.07) is 13.3. The van der Waals surface area contributed by atoms with Crippen LogP contribution in [-0.2, 0) is 4.74 Å². The molecular formula is C21H20BN3O4. The summed E-state index contributed by atoms with van der Waals surface area (Å²) in [7, 11) is 2.00. The second kappa shape index (κ2) is 7.38. The van der Waals surface area contributed by atoms with Gasteiger partial charge in [-0.2, -0.15) is 0 Å². The van der Waals surface area contributed by atoms with E-state index in [-0.39, 0.29) is 17.2 Å². The van der Waals surface area contributed by atoms with Crippen molar-refractivity contribution in [2.24, 2.45) is 0 Å². The predicted octanol–water partition coefficient (Wildman–Crippen LogP) is 0.962. The molecule has 0 radical (unpaired) electrons. The van der Waals surface area contributed by atoms with Gasteiger partial charge in [-0.15, -0.1) is 0 Å². The summed E-state index contributed by atoms with van der Waals surface area (Å²) >= 11 is 0. The van der Waals surface area contributed by atoms with Crippen LogP contribution in [-0.4, -0.2) is 50.2 Å². The van der Waals surface area contributed by atoms with Crippen molar-refractivity contribution in [2.45, 2.75) is 6.10 Å². The number of H-pyrrole nitrogens is 1. The van der Waals surface area contributed by atoms with Crippen molar-refractivity contribution < 1.29 is 13.9 Å². The molecule has 7 nitrogen and oxygen atoms in total. The summed E-state index contributed by atoms with van der Waals surface area (Å²) < 4.78 is 17.1. The second-order valence-electron chi connectivity index (χ2n) is 7.23. The van der Waals surface area contributed by atoms with Crippen LogP contribution in [0.15, 0.2) is 51.7 Å². The first-order valence-corrected chi connectivity index (χ1v) is 9.66. The van der Waals surface area contributed by atoms with E-state index in [0.29, 0.717) is 30.1 Å². The van der Waals surface area contributed by atoms with E-state index in [0.717, 1.165) is 35.3 Å². The van der Waals surface area contributed by atoms with E-state index in [9.17, 15) is 4.79 Å². The average Bonchev–Trinajstić information content (AvgIpc) is 3.12. The van der Waals surface area contributed by atoms with Gasteiger partial charge in [-0.25, -0.2) is 4.98 Å². The smallest absolute Gasteiger partial charge is 0.294 e. The largest absolute Gasteiger partial charge is 0.491 e. The number of hydrogen-bond donors (Lipinski definition) is 2. The molecule has 2 N–H and O–H groups in total. The second-order valence-corrected chi connectivity index (χ2v) is 7.23. The maximum absolute atomic E-state index is 12.5. The zero-order chi connectivity index (χ0) is 19.8. The van der Waals surface area contributed by atoms with Crippen LogP contribution in [0.3, 0.4) is 0 Å². The number of aromatic nitrogens is 2. The van der Waals surface area contributed by atoms with Crippen LogP contribution in [0, 0.1) is 0 Å². The molecule has 0 saturated carbocycles. The lowest BCUT2D eigenvalue weighted by Gasteiger charge is -2.23. The van der Waals surface area contributed by atoms with Gasteiger partial charge in [0.05, 0.1) is 6.61 Å². The Bertz CT molecular complexity index is 1230. The van der Waals surface area contributed by atoms with Crippen LogP contribution in [0.4, 0.5) is 0 Å². The van der Waals surface area contributed by atoms with Crippen molar-refractivity contribution in [2.75, 3.05) is 26.3 Å². The number of hydrogen-bond acceptors (Lipinski definition) is 6. The van der Waals surface area contributed by atoms with E-state index >= 15 is 0 Å². The molecule has 1 unspecified atom stereocenters. The molecule has 4 aromatic rings. The topological polar surface area (TPSA) is 89.4 Å². The third kappa shape index (κ3) is 3.52. The van der Waals surface area contributed by atoms with Gasteiger partial charge in [-0.1, -0.05) is 17.6 Å². The number of benzene rings is 2. The quantitative estimate of drug-likeness (QED) is 0.506. The summed E-state index contributed by atoms with van der Waals surface area (Å²) in [6.45, 7) is 2.87. The fourth-order valence-corrected chi connectivity index (χ4v) is 3.53. The van der Waals surface area contributed by atoms with Crippen LogP contribution in [0.5, 0.6) is 5.75 Å². The van der Waals surface area contributed by atoms with E-state index in [1.54, 1.807) is 0 Å². The van der Waals surface area contributed by atoms with E-state index in [1.807, 2.05) is 50.3 Å². The zero-order valence-electron chi connectivity index (χ0n) is 16.0. The van der Waals surface area contributed by atoms with Gasteiger partial charge in [-0.05, 0) is 30.3 Å². The first kappa shape index (κ1) is 18.0. The summed E-state index contributed by atoms with van der Waals surface area (Å²) in [5, 5.41) is 4.12. The first-order chi connectivity index (χ1) is 14.2. The van der Waals surface area contributed by atoms with Crippen molar-refractivity contribution in [1.82, 2.24) is 15.3 Å². The van der Waals surface area contributed by atoms with Crippen LogP contribution >= 0.6 is 0 Å². The minimum atomic E-state index is -0.291. The monoisotopic (exact) mass is 389 g/mol. The Morgan fingerprint density at radius 2 is 2.07 bits per heavy atom. The van der Waals surface area contributed by atoms with Gasteiger partial charge in [0.1, 0.15) is 43.2 Å². The van der Waals surface area contributed by atoms with E-state index in [4.69, 9.17) is 13.9 Å². The van der Waals surface area contributed by atoms with Crippen molar-refractivity contribution in [1.29, 1.82) is 0 Å². The Morgan fingerprint density at radius 3 is 2.86 bits per heavy atom. The van der Waals surface area contributed by atoms with E-state index < -0.39 is 0 Å². The van der Waals surface area contributed by atoms with Crippen molar-refractivity contribution in [3.8, 4) is 17.1 Å². The van der Waals surface area contributed by atoms with Gasteiger partial charge in [0.25, 0.3) is 5.56 Å².